The maximum Gasteiger partial charge on any atom is 0.306 e. The number of anilines is 2. The summed E-state index contributed by atoms with van der Waals surface area (Å²) in [5.41, 5.74) is 12.0. The Labute approximate surface area is 292 Å². The number of aliphatic carboxylic acids is 1. The molecule has 5 aliphatic rings. The summed E-state index contributed by atoms with van der Waals surface area (Å²) < 4.78 is 9.29. The van der Waals surface area contributed by atoms with Crippen molar-refractivity contribution in [3.8, 4) is 22.5 Å². The van der Waals surface area contributed by atoms with Crippen molar-refractivity contribution in [2.24, 2.45) is 5.92 Å². The van der Waals surface area contributed by atoms with Crippen LogP contribution in [0.4, 0.5) is 17.1 Å². The third-order valence-corrected chi connectivity index (χ3v) is 10.7. The number of para-hydroxylation sites is 2. The first-order chi connectivity index (χ1) is 23.6. The summed E-state index contributed by atoms with van der Waals surface area (Å²) in [5.74, 6) is -0.0429. The molecule has 9 rings (SSSR count). The van der Waals surface area contributed by atoms with Gasteiger partial charge in [-0.2, -0.15) is 4.58 Å². The van der Waals surface area contributed by atoms with E-state index in [1.807, 2.05) is 0 Å². The fourth-order valence-electron chi connectivity index (χ4n) is 8.19. The highest BCUT2D eigenvalue weighted by molar-refractivity contribution is 6.03. The smallest absolute Gasteiger partial charge is 0.306 e. The number of hydrogen-bond acceptors (Lipinski definition) is 4. The van der Waals surface area contributed by atoms with Gasteiger partial charge < -0.3 is 26.8 Å². The first kappa shape index (κ1) is 31.4. The predicted octanol–water partition coefficient (Wildman–Crippen LogP) is 4.86. The molecule has 0 spiro atoms. The van der Waals surface area contributed by atoms with E-state index in [9.17, 15) is 9.90 Å². The number of hydrogen-bond donors (Lipinski definition) is 1. The van der Waals surface area contributed by atoms with E-state index in [1.165, 1.54) is 39.2 Å². The number of likely N-dealkylation sites (tertiary alicyclic amines) is 1. The molecule has 0 saturated carbocycles. The third kappa shape index (κ3) is 5.59. The van der Waals surface area contributed by atoms with Gasteiger partial charge in [0.15, 0.2) is 6.54 Å². The minimum Gasteiger partial charge on any atom is -1.00 e. The normalized spacial score (nSPS) is 17.3. The molecule has 246 valence electrons. The summed E-state index contributed by atoms with van der Waals surface area (Å²) in [6, 6.07) is 39.5. The van der Waals surface area contributed by atoms with Gasteiger partial charge in [0.25, 0.3) is 0 Å². The van der Waals surface area contributed by atoms with Crippen LogP contribution < -0.4 is 27.2 Å². The summed E-state index contributed by atoms with van der Waals surface area (Å²) in [6.07, 6.45) is 3.45. The number of carboxylic acid groups (broad SMARTS) is 1. The second-order valence-corrected chi connectivity index (χ2v) is 13.4. The van der Waals surface area contributed by atoms with Gasteiger partial charge >= 0.3 is 5.97 Å². The molecule has 0 unspecified atom stereocenters. The summed E-state index contributed by atoms with van der Waals surface area (Å²) in [4.78, 5) is 16.4. The van der Waals surface area contributed by atoms with Crippen molar-refractivity contribution < 1.29 is 26.7 Å². The van der Waals surface area contributed by atoms with Crippen molar-refractivity contribution in [1.82, 2.24) is 9.48 Å². The lowest BCUT2D eigenvalue weighted by Crippen LogP contribution is -3.00. The molecule has 49 heavy (non-hydrogen) atoms. The van der Waals surface area contributed by atoms with Crippen molar-refractivity contribution >= 4 is 34.0 Å². The van der Waals surface area contributed by atoms with E-state index in [1.54, 1.807) is 0 Å². The molecule has 4 aromatic rings. The average Bonchev–Trinajstić information content (AvgIpc) is 3.76. The Hall–Kier alpha value is -4.91. The molecule has 4 heterocycles. The zero-order valence-electron chi connectivity index (χ0n) is 27.3. The van der Waals surface area contributed by atoms with Gasteiger partial charge in [0, 0.05) is 71.2 Å². The highest BCUT2D eigenvalue weighted by Crippen LogP contribution is 2.44. The van der Waals surface area contributed by atoms with E-state index in [4.69, 9.17) is 4.42 Å². The van der Waals surface area contributed by atoms with E-state index < -0.39 is 5.97 Å². The molecule has 0 aromatic heterocycles. The van der Waals surface area contributed by atoms with Gasteiger partial charge in [-0.05, 0) is 73.3 Å². The molecule has 0 amide bonds. The van der Waals surface area contributed by atoms with Gasteiger partial charge in [0.05, 0.1) is 12.0 Å². The van der Waals surface area contributed by atoms with E-state index >= 15 is 0 Å². The van der Waals surface area contributed by atoms with Crippen molar-refractivity contribution in [2.75, 3.05) is 31.1 Å². The minimum absolute atomic E-state index is 0. The second kappa shape index (κ2) is 12.8. The van der Waals surface area contributed by atoms with Gasteiger partial charge in [0.1, 0.15) is 11.3 Å². The molecule has 0 bridgehead atoms. The molecular formula is C42H38ClN3O3. The summed E-state index contributed by atoms with van der Waals surface area (Å²) in [5, 5.41) is 11.8. The van der Waals surface area contributed by atoms with Gasteiger partial charge in [-0.1, -0.05) is 60.7 Å². The molecule has 1 aliphatic carbocycles. The van der Waals surface area contributed by atoms with Crippen LogP contribution in [0.3, 0.4) is 0 Å². The Kier molecular flexibility index (Phi) is 8.22. The van der Waals surface area contributed by atoms with Crippen LogP contribution in [-0.4, -0.2) is 42.2 Å². The van der Waals surface area contributed by atoms with E-state index in [2.05, 4.69) is 124 Å². The van der Waals surface area contributed by atoms with E-state index in [-0.39, 0.29) is 18.3 Å². The predicted molar refractivity (Wildman–Crippen MR) is 191 cm³/mol. The Morgan fingerprint density at radius 2 is 1.57 bits per heavy atom. The van der Waals surface area contributed by atoms with Crippen LogP contribution in [0.1, 0.15) is 29.5 Å². The standard InChI is InChI=1S/C42H37N3O3.ClH/c46-42(47)30-17-21-43(22-18-30)27-31-9-1-4-10-34(31)41-35-15-13-32(44-23-19-28-7-2-5-11-37(28)44)25-39(35)48-40-26-33(14-16-36(40)41)45-24-20-29-8-3-6-12-38(29)45;/h1-16,25-26,30H,17-24,27H2;1H. The Bertz CT molecular complexity index is 2250. The van der Waals surface area contributed by atoms with Crippen LogP contribution in [0.25, 0.3) is 33.4 Å². The Balaban J connectivity index is 0.00000348. The first-order valence-electron chi connectivity index (χ1n) is 17.2. The minimum atomic E-state index is -0.672. The molecule has 1 saturated heterocycles. The largest absolute Gasteiger partial charge is 1.00 e. The maximum atomic E-state index is 11.6. The van der Waals surface area contributed by atoms with Crippen molar-refractivity contribution in [1.29, 1.82) is 0 Å². The monoisotopic (exact) mass is 667 g/mol. The molecule has 0 radical (unpaired) electrons. The third-order valence-electron chi connectivity index (χ3n) is 10.7. The van der Waals surface area contributed by atoms with Crippen LogP contribution in [0, 0.1) is 5.92 Å². The number of carboxylic acids is 1. The van der Waals surface area contributed by atoms with Gasteiger partial charge in [0.2, 0.25) is 11.0 Å². The highest BCUT2D eigenvalue weighted by Gasteiger charge is 2.28. The maximum absolute atomic E-state index is 11.6. The quantitative estimate of drug-likeness (QED) is 0.210. The molecule has 4 aromatic carbocycles. The number of nitrogens with zero attached hydrogens (tertiary/aromatic N) is 3. The Morgan fingerprint density at radius 1 is 0.796 bits per heavy atom. The Morgan fingerprint density at radius 3 is 2.43 bits per heavy atom. The number of piperidine rings is 1. The van der Waals surface area contributed by atoms with Gasteiger partial charge in [-0.15, -0.1) is 0 Å². The fourth-order valence-corrected chi connectivity index (χ4v) is 8.19. The molecule has 1 fully saturated rings. The number of carbonyl (C=O) groups is 1. The van der Waals surface area contributed by atoms with Gasteiger partial charge in [-0.25, -0.2) is 0 Å². The number of rotatable bonds is 5. The molecule has 1 N–H and O–H groups in total. The zero-order chi connectivity index (χ0) is 32.2. The lowest BCUT2D eigenvalue weighted by atomic mass is 9.90. The van der Waals surface area contributed by atoms with Gasteiger partial charge in [-0.3, -0.25) is 9.69 Å². The summed E-state index contributed by atoms with van der Waals surface area (Å²) >= 11 is 0. The molecule has 0 atom stereocenters. The van der Waals surface area contributed by atoms with E-state index in [0.717, 1.165) is 78.9 Å². The van der Waals surface area contributed by atoms with Crippen molar-refractivity contribution in [2.45, 2.75) is 32.2 Å². The van der Waals surface area contributed by atoms with E-state index in [0.29, 0.717) is 12.8 Å². The van der Waals surface area contributed by atoms with Crippen molar-refractivity contribution in [3.05, 3.63) is 131 Å². The summed E-state index contributed by atoms with van der Waals surface area (Å²) in [7, 11) is 0. The molecule has 6 nitrogen and oxygen atoms in total. The first-order valence-corrected chi connectivity index (χ1v) is 17.2. The number of benzene rings is 5. The lowest BCUT2D eigenvalue weighted by molar-refractivity contribution is -0.143. The highest BCUT2D eigenvalue weighted by atomic mass is 35.5. The average molecular weight is 668 g/mol. The SMILES string of the molecule is O=C(O)C1CCN(Cc2ccccc2-c2c3ccc(=[N+]4CCc5ccccc54)cc-3oc3cc(N4CCc5ccccc54)ccc23)CC1.[Cl-]. The zero-order valence-corrected chi connectivity index (χ0v) is 28.1. The molecule has 7 heteroatoms. The fraction of sp³-hybridized carbons (Fsp3) is 0.238. The van der Waals surface area contributed by atoms with Crippen LogP contribution in [-0.2, 0) is 24.2 Å². The number of fused-ring (bicyclic) bond motifs is 4. The number of halogens is 1. The second-order valence-electron chi connectivity index (χ2n) is 13.4. The van der Waals surface area contributed by atoms with Crippen LogP contribution >= 0.6 is 0 Å². The van der Waals surface area contributed by atoms with Crippen molar-refractivity contribution in [3.63, 3.8) is 0 Å². The summed E-state index contributed by atoms with van der Waals surface area (Å²) in [6.45, 7) is 4.26. The van der Waals surface area contributed by atoms with Crippen LogP contribution in [0.5, 0.6) is 0 Å². The topological polar surface area (TPSA) is 59.9 Å². The molecule has 4 aliphatic heterocycles. The van der Waals surface area contributed by atoms with Crippen LogP contribution in [0.15, 0.2) is 114 Å². The molecular weight excluding hydrogens is 630 g/mol. The lowest BCUT2D eigenvalue weighted by Gasteiger charge is -2.31. The van der Waals surface area contributed by atoms with Crippen LogP contribution in [0.2, 0.25) is 0 Å².